The van der Waals surface area contributed by atoms with E-state index in [1.54, 1.807) is 0 Å². The van der Waals surface area contributed by atoms with Crippen molar-refractivity contribution in [1.82, 2.24) is 5.32 Å². The van der Waals surface area contributed by atoms with E-state index in [0.717, 1.165) is 38.1 Å². The van der Waals surface area contributed by atoms with Crippen molar-refractivity contribution in [3.05, 3.63) is 0 Å². The third-order valence-corrected chi connectivity index (χ3v) is 4.72. The second-order valence-corrected chi connectivity index (χ2v) is 6.15. The lowest BCUT2D eigenvalue weighted by Crippen LogP contribution is -2.36. The van der Waals surface area contributed by atoms with Crippen LogP contribution in [0, 0.1) is 11.8 Å². The number of nitrogens with one attached hydrogen (secondary N) is 1. The molecule has 2 atom stereocenters. The van der Waals surface area contributed by atoms with E-state index in [1.165, 1.54) is 38.5 Å². The molecule has 3 heteroatoms. The van der Waals surface area contributed by atoms with Gasteiger partial charge in [-0.3, -0.25) is 4.79 Å². The SMILES string of the molecule is O=C(O)C1CCCC(NCCCC2CCCC2)C1. The Balaban J connectivity index is 1.56. The minimum absolute atomic E-state index is 0.105. The van der Waals surface area contributed by atoms with E-state index >= 15 is 0 Å². The van der Waals surface area contributed by atoms with Gasteiger partial charge in [0.1, 0.15) is 0 Å². The minimum Gasteiger partial charge on any atom is -0.481 e. The number of carbonyl (C=O) groups is 1. The largest absolute Gasteiger partial charge is 0.481 e. The van der Waals surface area contributed by atoms with Gasteiger partial charge in [0.25, 0.3) is 0 Å². The monoisotopic (exact) mass is 253 g/mol. The summed E-state index contributed by atoms with van der Waals surface area (Å²) in [6, 6.07) is 0.448. The summed E-state index contributed by atoms with van der Waals surface area (Å²) in [6.45, 7) is 1.08. The lowest BCUT2D eigenvalue weighted by molar-refractivity contribution is -0.143. The van der Waals surface area contributed by atoms with Crippen LogP contribution < -0.4 is 5.32 Å². The molecule has 2 rings (SSSR count). The van der Waals surface area contributed by atoms with Crippen molar-refractivity contribution in [3.63, 3.8) is 0 Å². The Morgan fingerprint density at radius 2 is 1.89 bits per heavy atom. The van der Waals surface area contributed by atoms with Crippen molar-refractivity contribution < 1.29 is 9.90 Å². The Kier molecular flexibility index (Phi) is 5.48. The van der Waals surface area contributed by atoms with Gasteiger partial charge in [-0.25, -0.2) is 0 Å². The molecule has 18 heavy (non-hydrogen) atoms. The Morgan fingerprint density at radius 1 is 1.11 bits per heavy atom. The highest BCUT2D eigenvalue weighted by Crippen LogP contribution is 2.28. The summed E-state index contributed by atoms with van der Waals surface area (Å²) in [5.74, 6) is 0.267. The highest BCUT2D eigenvalue weighted by atomic mass is 16.4. The first-order chi connectivity index (χ1) is 8.75. The van der Waals surface area contributed by atoms with Crippen LogP contribution in [0.4, 0.5) is 0 Å². The average Bonchev–Trinajstić information content (AvgIpc) is 2.88. The van der Waals surface area contributed by atoms with Crippen LogP contribution in [0.3, 0.4) is 0 Å². The zero-order valence-electron chi connectivity index (χ0n) is 11.4. The first-order valence-electron chi connectivity index (χ1n) is 7.72. The molecular formula is C15H27NO2. The van der Waals surface area contributed by atoms with Crippen LogP contribution in [0.2, 0.25) is 0 Å². The van der Waals surface area contributed by atoms with E-state index < -0.39 is 5.97 Å². The van der Waals surface area contributed by atoms with E-state index in [1.807, 2.05) is 0 Å². The van der Waals surface area contributed by atoms with Crippen LogP contribution in [0.25, 0.3) is 0 Å². The number of hydrogen-bond acceptors (Lipinski definition) is 2. The smallest absolute Gasteiger partial charge is 0.306 e. The van der Waals surface area contributed by atoms with E-state index in [-0.39, 0.29) is 5.92 Å². The van der Waals surface area contributed by atoms with Crippen LogP contribution in [0.15, 0.2) is 0 Å². The summed E-state index contributed by atoms with van der Waals surface area (Å²) in [5, 5.41) is 12.6. The third-order valence-electron chi connectivity index (χ3n) is 4.72. The van der Waals surface area contributed by atoms with Crippen LogP contribution in [0.5, 0.6) is 0 Å². The quantitative estimate of drug-likeness (QED) is 0.715. The number of hydrogen-bond donors (Lipinski definition) is 2. The Bertz CT molecular complexity index is 261. The Hall–Kier alpha value is -0.570. The van der Waals surface area contributed by atoms with Gasteiger partial charge in [-0.05, 0) is 44.6 Å². The maximum atomic E-state index is 11.0. The molecule has 0 radical (unpaired) electrons. The number of aliphatic carboxylic acids is 1. The third kappa shape index (κ3) is 4.27. The van der Waals surface area contributed by atoms with Crippen LogP contribution in [-0.4, -0.2) is 23.7 Å². The summed E-state index contributed by atoms with van der Waals surface area (Å²) in [5.41, 5.74) is 0. The molecule has 2 unspecified atom stereocenters. The minimum atomic E-state index is -0.604. The van der Waals surface area contributed by atoms with Gasteiger partial charge in [-0.15, -0.1) is 0 Å². The van der Waals surface area contributed by atoms with Crippen molar-refractivity contribution in [2.75, 3.05) is 6.54 Å². The molecule has 0 aromatic rings. The van der Waals surface area contributed by atoms with Gasteiger partial charge in [0, 0.05) is 6.04 Å². The molecule has 2 aliphatic rings. The molecule has 0 bridgehead atoms. The van der Waals surface area contributed by atoms with E-state index in [9.17, 15) is 4.79 Å². The van der Waals surface area contributed by atoms with E-state index in [4.69, 9.17) is 5.11 Å². The molecule has 104 valence electrons. The molecule has 3 nitrogen and oxygen atoms in total. The average molecular weight is 253 g/mol. The summed E-state index contributed by atoms with van der Waals surface area (Å²) in [6.07, 6.45) is 12.3. The summed E-state index contributed by atoms with van der Waals surface area (Å²) < 4.78 is 0. The summed E-state index contributed by atoms with van der Waals surface area (Å²) in [4.78, 5) is 11.0. The first kappa shape index (κ1) is 13.9. The zero-order chi connectivity index (χ0) is 12.8. The molecule has 2 saturated carbocycles. The molecule has 0 saturated heterocycles. The molecule has 0 aromatic carbocycles. The Labute approximate surface area is 110 Å². The lowest BCUT2D eigenvalue weighted by atomic mass is 9.86. The fourth-order valence-corrected chi connectivity index (χ4v) is 3.60. The maximum Gasteiger partial charge on any atom is 0.306 e. The molecule has 0 aromatic heterocycles. The standard InChI is InChI=1S/C15H27NO2/c17-15(18)13-8-3-9-14(11-13)16-10-4-7-12-5-1-2-6-12/h12-14,16H,1-11H2,(H,17,18). The fraction of sp³-hybridized carbons (Fsp3) is 0.933. The molecular weight excluding hydrogens is 226 g/mol. The van der Waals surface area contributed by atoms with Gasteiger partial charge in [-0.1, -0.05) is 32.1 Å². The summed E-state index contributed by atoms with van der Waals surface area (Å²) in [7, 11) is 0. The molecule has 0 heterocycles. The van der Waals surface area contributed by atoms with Gasteiger partial charge in [0.15, 0.2) is 0 Å². The number of carboxylic acids is 1. The fourth-order valence-electron chi connectivity index (χ4n) is 3.60. The predicted octanol–water partition coefficient (Wildman–Crippen LogP) is 3.19. The predicted molar refractivity (Wildman–Crippen MR) is 72.6 cm³/mol. The van der Waals surface area contributed by atoms with Gasteiger partial charge < -0.3 is 10.4 Å². The van der Waals surface area contributed by atoms with E-state index in [2.05, 4.69) is 5.32 Å². The zero-order valence-corrected chi connectivity index (χ0v) is 11.4. The highest BCUT2D eigenvalue weighted by molar-refractivity contribution is 5.70. The van der Waals surface area contributed by atoms with Gasteiger partial charge in [0.05, 0.1) is 5.92 Å². The van der Waals surface area contributed by atoms with E-state index in [0.29, 0.717) is 6.04 Å². The lowest BCUT2D eigenvalue weighted by Gasteiger charge is -2.27. The van der Waals surface area contributed by atoms with Crippen LogP contribution in [-0.2, 0) is 4.79 Å². The van der Waals surface area contributed by atoms with Crippen molar-refractivity contribution >= 4 is 5.97 Å². The van der Waals surface area contributed by atoms with Crippen molar-refractivity contribution in [3.8, 4) is 0 Å². The highest BCUT2D eigenvalue weighted by Gasteiger charge is 2.26. The van der Waals surface area contributed by atoms with Crippen molar-refractivity contribution in [2.24, 2.45) is 11.8 Å². The summed E-state index contributed by atoms with van der Waals surface area (Å²) >= 11 is 0. The number of carboxylic acid groups (broad SMARTS) is 1. The van der Waals surface area contributed by atoms with Crippen molar-refractivity contribution in [1.29, 1.82) is 0 Å². The van der Waals surface area contributed by atoms with Crippen LogP contribution >= 0.6 is 0 Å². The molecule has 2 fully saturated rings. The Morgan fingerprint density at radius 3 is 2.61 bits per heavy atom. The normalized spacial score (nSPS) is 29.6. The van der Waals surface area contributed by atoms with Gasteiger partial charge in [-0.2, -0.15) is 0 Å². The first-order valence-corrected chi connectivity index (χ1v) is 7.72. The number of rotatable bonds is 6. The second-order valence-electron chi connectivity index (χ2n) is 6.15. The van der Waals surface area contributed by atoms with Crippen LogP contribution in [0.1, 0.15) is 64.2 Å². The molecule has 0 aliphatic heterocycles. The molecule has 2 N–H and O–H groups in total. The second kappa shape index (κ2) is 7.13. The van der Waals surface area contributed by atoms with Gasteiger partial charge in [0.2, 0.25) is 0 Å². The van der Waals surface area contributed by atoms with Gasteiger partial charge >= 0.3 is 5.97 Å². The van der Waals surface area contributed by atoms with Crippen molar-refractivity contribution in [2.45, 2.75) is 70.3 Å². The molecule has 0 amide bonds. The topological polar surface area (TPSA) is 49.3 Å². The maximum absolute atomic E-state index is 11.0. The molecule has 2 aliphatic carbocycles. The molecule has 0 spiro atoms.